The van der Waals surface area contributed by atoms with E-state index in [4.69, 9.17) is 9.84 Å². The minimum absolute atomic E-state index is 0.146. The van der Waals surface area contributed by atoms with Gasteiger partial charge < -0.3 is 14.9 Å². The van der Waals surface area contributed by atoms with E-state index >= 15 is 0 Å². The molecule has 0 radical (unpaired) electrons. The first kappa shape index (κ1) is 16.8. The topological polar surface area (TPSA) is 53.0 Å². The summed E-state index contributed by atoms with van der Waals surface area (Å²) in [6, 6.07) is 0. The van der Waals surface area contributed by atoms with E-state index < -0.39 is 12.2 Å². The Bertz CT molecular complexity index is 407. The highest BCUT2D eigenvalue weighted by Gasteiger charge is 2.42. The Morgan fingerprint density at radius 2 is 1.85 bits per heavy atom. The third-order valence-electron chi connectivity index (χ3n) is 3.25. The molecule has 1 saturated heterocycles. The molecular formula is C17H24O3. The molecule has 110 valence electrons. The van der Waals surface area contributed by atoms with Crippen molar-refractivity contribution >= 4 is 0 Å². The highest BCUT2D eigenvalue weighted by molar-refractivity contribution is 5.30. The second-order valence-corrected chi connectivity index (χ2v) is 5.01. The fraction of sp³-hybridized carbons (Fsp3) is 0.647. The summed E-state index contributed by atoms with van der Waals surface area (Å²) in [6.45, 7) is 5.60. The van der Waals surface area contributed by atoms with Gasteiger partial charge in [-0.05, 0) is 18.3 Å². The van der Waals surface area contributed by atoms with Gasteiger partial charge in [-0.15, -0.1) is 0 Å². The van der Waals surface area contributed by atoms with Gasteiger partial charge in [-0.1, -0.05) is 63.5 Å². The number of hydrogen-bond acceptors (Lipinski definition) is 3. The minimum Gasteiger partial charge on any atom is -0.377 e. The van der Waals surface area contributed by atoms with E-state index in [0.29, 0.717) is 0 Å². The van der Waals surface area contributed by atoms with Crippen molar-refractivity contribution < 1.29 is 14.9 Å². The van der Waals surface area contributed by atoms with Gasteiger partial charge in [0.05, 0.1) is 6.10 Å². The number of aliphatic hydroxyl groups excluding tert-OH is 2. The Morgan fingerprint density at radius 3 is 2.55 bits per heavy atom. The van der Waals surface area contributed by atoms with Crippen molar-refractivity contribution in [1.82, 2.24) is 0 Å². The Hall–Kier alpha value is -1.26. The van der Waals surface area contributed by atoms with Crippen LogP contribution in [0.1, 0.15) is 45.4 Å². The van der Waals surface area contributed by atoms with Gasteiger partial charge in [-0.3, -0.25) is 0 Å². The Labute approximate surface area is 122 Å². The van der Waals surface area contributed by atoms with Gasteiger partial charge in [0.15, 0.2) is 0 Å². The summed E-state index contributed by atoms with van der Waals surface area (Å²) in [5.41, 5.74) is 0. The maximum Gasteiger partial charge on any atom is 0.144 e. The van der Waals surface area contributed by atoms with E-state index in [1.165, 1.54) is 31.8 Å². The van der Waals surface area contributed by atoms with Crippen molar-refractivity contribution in [3.8, 4) is 23.7 Å². The van der Waals surface area contributed by atoms with Crippen molar-refractivity contribution in [3.63, 3.8) is 0 Å². The number of rotatable bonds is 8. The minimum atomic E-state index is -0.866. The lowest BCUT2D eigenvalue weighted by Gasteiger charge is -1.98. The van der Waals surface area contributed by atoms with Gasteiger partial charge in [0.2, 0.25) is 0 Å². The monoisotopic (exact) mass is 276 g/mol. The Morgan fingerprint density at radius 1 is 1.15 bits per heavy atom. The van der Waals surface area contributed by atoms with Crippen LogP contribution in [0.4, 0.5) is 0 Å². The lowest BCUT2D eigenvalue weighted by molar-refractivity contribution is 0.185. The van der Waals surface area contributed by atoms with Crippen LogP contribution in [-0.4, -0.2) is 34.6 Å². The fourth-order valence-corrected chi connectivity index (χ4v) is 1.98. The Kier molecular flexibility index (Phi) is 8.07. The lowest BCUT2D eigenvalue weighted by atomic mass is 10.1. The summed E-state index contributed by atoms with van der Waals surface area (Å²) in [5, 5.41) is 18.9. The molecular weight excluding hydrogens is 252 g/mol. The first-order valence-corrected chi connectivity index (χ1v) is 7.34. The summed E-state index contributed by atoms with van der Waals surface area (Å²) < 4.78 is 5.42. The predicted molar refractivity (Wildman–Crippen MR) is 79.8 cm³/mol. The van der Waals surface area contributed by atoms with Crippen LogP contribution >= 0.6 is 0 Å². The van der Waals surface area contributed by atoms with Crippen molar-refractivity contribution in [2.24, 2.45) is 0 Å². The van der Waals surface area contributed by atoms with Crippen LogP contribution in [0.3, 0.4) is 0 Å². The van der Waals surface area contributed by atoms with Crippen molar-refractivity contribution in [3.05, 3.63) is 12.7 Å². The first-order chi connectivity index (χ1) is 9.69. The van der Waals surface area contributed by atoms with Crippen LogP contribution < -0.4 is 0 Å². The quantitative estimate of drug-likeness (QED) is 0.309. The maximum absolute atomic E-state index is 9.77. The van der Waals surface area contributed by atoms with Crippen LogP contribution in [0.2, 0.25) is 0 Å². The molecule has 0 aromatic rings. The molecule has 1 rings (SSSR count). The zero-order chi connectivity index (χ0) is 14.8. The smallest absolute Gasteiger partial charge is 0.144 e. The molecule has 0 aliphatic carbocycles. The van der Waals surface area contributed by atoms with Crippen molar-refractivity contribution in [1.29, 1.82) is 0 Å². The highest BCUT2D eigenvalue weighted by atomic mass is 16.6. The zero-order valence-electron chi connectivity index (χ0n) is 12.1. The van der Waals surface area contributed by atoms with E-state index in [0.717, 1.165) is 12.8 Å². The molecule has 1 fully saturated rings. The number of epoxide rings is 1. The molecule has 0 bridgehead atoms. The van der Waals surface area contributed by atoms with Gasteiger partial charge in [-0.2, -0.15) is 0 Å². The predicted octanol–water partition coefficient (Wildman–Crippen LogP) is 2.03. The third kappa shape index (κ3) is 6.78. The first-order valence-electron chi connectivity index (χ1n) is 7.34. The molecule has 0 unspecified atom stereocenters. The molecule has 0 saturated carbocycles. The van der Waals surface area contributed by atoms with Gasteiger partial charge >= 0.3 is 0 Å². The van der Waals surface area contributed by atoms with Crippen molar-refractivity contribution in [2.75, 3.05) is 0 Å². The SMILES string of the molecule is C=C[C@@H](O)C#CC#C[C@@H](O)[C@H]1O[C@@H]1CCCCCCC. The molecule has 1 aliphatic rings. The molecule has 4 atom stereocenters. The van der Waals surface area contributed by atoms with Gasteiger partial charge in [0.1, 0.15) is 18.3 Å². The molecule has 2 N–H and O–H groups in total. The molecule has 3 nitrogen and oxygen atoms in total. The summed E-state index contributed by atoms with van der Waals surface area (Å²) in [7, 11) is 0. The van der Waals surface area contributed by atoms with E-state index in [2.05, 4.69) is 37.2 Å². The van der Waals surface area contributed by atoms with E-state index in [-0.39, 0.29) is 12.2 Å². The van der Waals surface area contributed by atoms with Crippen LogP contribution in [0.25, 0.3) is 0 Å². The molecule has 20 heavy (non-hydrogen) atoms. The van der Waals surface area contributed by atoms with E-state index in [1.54, 1.807) is 0 Å². The lowest BCUT2D eigenvalue weighted by Crippen LogP contribution is -2.14. The van der Waals surface area contributed by atoms with Gasteiger partial charge in [-0.25, -0.2) is 0 Å². The molecule has 0 spiro atoms. The Balaban J connectivity index is 2.17. The molecule has 1 aliphatic heterocycles. The van der Waals surface area contributed by atoms with Crippen LogP contribution in [0.15, 0.2) is 12.7 Å². The standard InChI is InChI=1S/C17H24O3/c1-3-5-6-7-8-13-16-17(20-16)15(19)12-10-9-11-14(18)4-2/h4,14-19H,2-3,5-8,13H2,1H3/t14-,15-,16-,17-/m1/s1. The van der Waals surface area contributed by atoms with Crippen LogP contribution in [0.5, 0.6) is 0 Å². The molecule has 3 heteroatoms. The van der Waals surface area contributed by atoms with Gasteiger partial charge in [0, 0.05) is 0 Å². The maximum atomic E-state index is 9.77. The highest BCUT2D eigenvalue weighted by Crippen LogP contribution is 2.30. The number of hydrogen-bond donors (Lipinski definition) is 2. The summed E-state index contributed by atoms with van der Waals surface area (Å²) >= 11 is 0. The number of aliphatic hydroxyl groups is 2. The normalized spacial score (nSPS) is 22.8. The fourth-order valence-electron chi connectivity index (χ4n) is 1.98. The zero-order valence-corrected chi connectivity index (χ0v) is 12.1. The van der Waals surface area contributed by atoms with E-state index in [1.807, 2.05) is 0 Å². The average molecular weight is 276 g/mol. The molecule has 0 aromatic carbocycles. The van der Waals surface area contributed by atoms with Crippen LogP contribution in [-0.2, 0) is 4.74 Å². The third-order valence-corrected chi connectivity index (χ3v) is 3.25. The number of unbranched alkanes of at least 4 members (excludes halogenated alkanes) is 4. The molecule has 0 amide bonds. The summed E-state index contributed by atoms with van der Waals surface area (Å²) in [6.07, 6.45) is 6.83. The average Bonchev–Trinajstić information content (AvgIpc) is 3.22. The summed E-state index contributed by atoms with van der Waals surface area (Å²) in [4.78, 5) is 0. The molecule has 0 aromatic heterocycles. The van der Waals surface area contributed by atoms with Crippen molar-refractivity contribution in [2.45, 2.75) is 69.9 Å². The van der Waals surface area contributed by atoms with Crippen LogP contribution in [0, 0.1) is 23.7 Å². The second kappa shape index (κ2) is 9.61. The van der Waals surface area contributed by atoms with Gasteiger partial charge in [0.25, 0.3) is 0 Å². The molecule has 1 heterocycles. The second-order valence-electron chi connectivity index (χ2n) is 5.01. The number of ether oxygens (including phenoxy) is 1. The van der Waals surface area contributed by atoms with E-state index in [9.17, 15) is 5.11 Å². The summed E-state index contributed by atoms with van der Waals surface area (Å²) in [5.74, 6) is 10.1. The largest absolute Gasteiger partial charge is 0.377 e.